The topological polar surface area (TPSA) is 0 Å². The van der Waals surface area contributed by atoms with Crippen LogP contribution >= 0.6 is 15.8 Å². The van der Waals surface area contributed by atoms with E-state index in [1.54, 1.807) is 0 Å². The molecule has 2 saturated carbocycles. The first-order valence-corrected chi connectivity index (χ1v) is 16.1. The Hall–Kier alpha value is 0.340. The summed E-state index contributed by atoms with van der Waals surface area (Å²) in [6.07, 6.45) is 25.8. The molecule has 3 aliphatic rings. The molecule has 166 valence electrons. The second-order valence-corrected chi connectivity index (χ2v) is 16.5. The molecule has 29 heavy (non-hydrogen) atoms. The van der Waals surface area contributed by atoms with Gasteiger partial charge in [0.05, 0.1) is 0 Å². The summed E-state index contributed by atoms with van der Waals surface area (Å²) >= 11 is 0. The van der Waals surface area contributed by atoms with Crippen molar-refractivity contribution in [3.63, 3.8) is 0 Å². The lowest BCUT2D eigenvalue weighted by Crippen LogP contribution is -2.26. The van der Waals surface area contributed by atoms with E-state index < -0.39 is 0 Å². The lowest BCUT2D eigenvalue weighted by molar-refractivity contribution is 0.484. The summed E-state index contributed by atoms with van der Waals surface area (Å²) in [6, 6.07) is 0. The molecule has 3 rings (SSSR count). The van der Waals surface area contributed by atoms with Crippen molar-refractivity contribution < 1.29 is 0 Å². The molecule has 0 amide bonds. The zero-order valence-electron chi connectivity index (χ0n) is 20.1. The third-order valence-corrected chi connectivity index (χ3v) is 15.0. The summed E-state index contributed by atoms with van der Waals surface area (Å²) < 4.78 is 0. The van der Waals surface area contributed by atoms with Gasteiger partial charge in [0.25, 0.3) is 0 Å². The summed E-state index contributed by atoms with van der Waals surface area (Å²) in [5.74, 6) is 2.46. The highest BCUT2D eigenvalue weighted by molar-refractivity contribution is 7.63. The van der Waals surface area contributed by atoms with Crippen LogP contribution in [0.3, 0.4) is 0 Å². The van der Waals surface area contributed by atoms with Crippen LogP contribution < -0.4 is 0 Å². The van der Waals surface area contributed by atoms with Crippen LogP contribution in [-0.2, 0) is 0 Å². The van der Waals surface area contributed by atoms with Crippen molar-refractivity contribution in [1.82, 2.24) is 0 Å². The van der Waals surface area contributed by atoms with Crippen molar-refractivity contribution in [2.45, 2.75) is 116 Å². The molecule has 0 aromatic rings. The lowest BCUT2D eigenvalue weighted by atomic mass is 9.99. The van der Waals surface area contributed by atoms with Crippen molar-refractivity contribution in [3.8, 4) is 0 Å². The third kappa shape index (κ3) is 6.66. The minimum absolute atomic E-state index is 0.0737. The molecule has 0 bridgehead atoms. The fourth-order valence-electron chi connectivity index (χ4n) is 6.16. The molecule has 0 saturated heterocycles. The highest BCUT2D eigenvalue weighted by Crippen LogP contribution is 2.66. The zero-order valence-corrected chi connectivity index (χ0v) is 21.9. The number of allylic oxidation sites excluding steroid dienone is 4. The van der Waals surface area contributed by atoms with Crippen LogP contribution in [0.1, 0.15) is 98.8 Å². The molecule has 0 heterocycles. The van der Waals surface area contributed by atoms with E-state index in [0.717, 1.165) is 34.7 Å². The van der Waals surface area contributed by atoms with Gasteiger partial charge in [-0.25, -0.2) is 0 Å². The van der Waals surface area contributed by atoms with Gasteiger partial charge in [-0.15, -0.1) is 7.92 Å². The highest BCUT2D eigenvalue weighted by atomic mass is 31.1. The second-order valence-electron chi connectivity index (χ2n) is 11.0. The van der Waals surface area contributed by atoms with Crippen molar-refractivity contribution in [2.75, 3.05) is 12.3 Å². The Labute approximate surface area is 185 Å². The van der Waals surface area contributed by atoms with E-state index in [2.05, 4.69) is 52.8 Å². The summed E-state index contributed by atoms with van der Waals surface area (Å²) in [5, 5.41) is 1.95. The minimum atomic E-state index is 0.0737. The Morgan fingerprint density at radius 1 is 0.759 bits per heavy atom. The van der Waals surface area contributed by atoms with E-state index in [9.17, 15) is 0 Å². The van der Waals surface area contributed by atoms with Crippen molar-refractivity contribution >= 4 is 15.8 Å². The van der Waals surface area contributed by atoms with E-state index in [4.69, 9.17) is 0 Å². The molecule has 0 spiro atoms. The molecule has 0 aromatic carbocycles. The Morgan fingerprint density at radius 3 is 1.69 bits per heavy atom. The molecule has 0 N–H and O–H groups in total. The average molecular weight is 435 g/mol. The summed E-state index contributed by atoms with van der Waals surface area (Å²) in [6.45, 7) is 12.4. The predicted octanol–water partition coefficient (Wildman–Crippen LogP) is 9.39. The highest BCUT2D eigenvalue weighted by Gasteiger charge is 2.39. The first-order chi connectivity index (χ1) is 14.0. The lowest BCUT2D eigenvalue weighted by Gasteiger charge is -2.43. The summed E-state index contributed by atoms with van der Waals surface area (Å²) in [5.41, 5.74) is 2.96. The van der Waals surface area contributed by atoms with Gasteiger partial charge < -0.3 is 0 Å². The van der Waals surface area contributed by atoms with Gasteiger partial charge in [0.2, 0.25) is 0 Å². The summed E-state index contributed by atoms with van der Waals surface area (Å²) in [4.78, 5) is 0. The van der Waals surface area contributed by atoms with Gasteiger partial charge in [-0.3, -0.25) is 0 Å². The first-order valence-electron chi connectivity index (χ1n) is 12.9. The molecule has 2 heteroatoms. The predicted molar refractivity (Wildman–Crippen MR) is 137 cm³/mol. The quantitative estimate of drug-likeness (QED) is 0.317. The van der Waals surface area contributed by atoms with Gasteiger partial charge >= 0.3 is 0 Å². The Bertz CT molecular complexity index is 507. The van der Waals surface area contributed by atoms with E-state index in [0.29, 0.717) is 0 Å². The molecule has 3 aliphatic carbocycles. The van der Waals surface area contributed by atoms with Crippen LogP contribution in [-0.4, -0.2) is 29.3 Å². The van der Waals surface area contributed by atoms with Crippen LogP contribution in [0, 0.1) is 17.8 Å². The molecule has 0 radical (unpaired) electrons. The largest absolute Gasteiger partial charge is 0.102 e. The van der Waals surface area contributed by atoms with Crippen LogP contribution in [0.15, 0.2) is 23.5 Å². The molecule has 2 unspecified atom stereocenters. The van der Waals surface area contributed by atoms with Crippen LogP contribution in [0.2, 0.25) is 0 Å². The van der Waals surface area contributed by atoms with Gasteiger partial charge in [0.1, 0.15) is 0 Å². The Morgan fingerprint density at radius 2 is 1.24 bits per heavy atom. The van der Waals surface area contributed by atoms with Crippen LogP contribution in [0.5, 0.6) is 0 Å². The fraction of sp³-hybridized carbons (Fsp3) is 0.852. The normalized spacial score (nSPS) is 25.6. The van der Waals surface area contributed by atoms with Gasteiger partial charge in [-0.05, 0) is 72.1 Å². The van der Waals surface area contributed by atoms with E-state index in [-0.39, 0.29) is 15.8 Å². The fourth-order valence-corrected chi connectivity index (χ4v) is 13.9. The average Bonchev–Trinajstić information content (AvgIpc) is 3.17. The van der Waals surface area contributed by atoms with Crippen molar-refractivity contribution in [1.29, 1.82) is 0 Å². The van der Waals surface area contributed by atoms with Crippen molar-refractivity contribution in [2.24, 2.45) is 17.8 Å². The maximum Gasteiger partial charge on any atom is 0.00906 e. The minimum Gasteiger partial charge on any atom is -0.102 e. The molecule has 0 nitrogen and oxygen atoms in total. The van der Waals surface area contributed by atoms with E-state index >= 15 is 0 Å². The van der Waals surface area contributed by atoms with Gasteiger partial charge in [0.15, 0.2) is 0 Å². The number of hydrogen-bond donors (Lipinski definition) is 0. The first kappa shape index (κ1) is 24.0. The van der Waals surface area contributed by atoms with Crippen molar-refractivity contribution in [3.05, 3.63) is 23.5 Å². The molecular formula is C27H48P2. The summed E-state index contributed by atoms with van der Waals surface area (Å²) in [7, 11) is 0.194. The molecule has 2 fully saturated rings. The van der Waals surface area contributed by atoms with Crippen LogP contribution in [0.4, 0.5) is 0 Å². The Kier molecular flexibility index (Phi) is 9.78. The maximum atomic E-state index is 2.64. The maximum absolute atomic E-state index is 2.64. The smallest absolute Gasteiger partial charge is 0.00906 e. The standard InChI is InChI=1S/C27H48P2/c1-21(2)19-28(20-22(3)4)23(5)26-17-12-18-27(26)29(24-13-8-6-9-14-24)25-15-10-7-11-16-25/h12,17-18,21-26H,6-11,13-16,19-20H2,1-5H3. The second kappa shape index (κ2) is 11.8. The number of hydrogen-bond acceptors (Lipinski definition) is 0. The van der Waals surface area contributed by atoms with E-state index in [1.165, 1.54) is 76.5 Å². The van der Waals surface area contributed by atoms with Gasteiger partial charge in [-0.1, -0.05) is 99.3 Å². The van der Waals surface area contributed by atoms with E-state index in [1.807, 2.05) is 5.31 Å². The molecule has 2 atom stereocenters. The molecular weight excluding hydrogens is 386 g/mol. The third-order valence-electron chi connectivity index (χ3n) is 7.46. The van der Waals surface area contributed by atoms with Crippen LogP contribution in [0.25, 0.3) is 0 Å². The van der Waals surface area contributed by atoms with Gasteiger partial charge in [-0.2, -0.15) is 0 Å². The number of rotatable bonds is 9. The Balaban J connectivity index is 1.80. The molecule has 0 aliphatic heterocycles. The zero-order chi connectivity index (χ0) is 20.8. The van der Waals surface area contributed by atoms with Gasteiger partial charge in [0, 0.05) is 5.92 Å². The SMILES string of the molecule is CC(C)CP(CC(C)C)C(C)C1C=CC=C1P(C1CCCCC1)C1CCCCC1. The molecule has 0 aromatic heterocycles. The monoisotopic (exact) mass is 434 g/mol.